The lowest BCUT2D eigenvalue weighted by Crippen LogP contribution is -2.99. The Kier molecular flexibility index (Phi) is 4.28. The second-order valence-corrected chi connectivity index (χ2v) is 6.37. The fourth-order valence-electron chi connectivity index (χ4n) is 1.94. The number of carbonyl (C=O) groups is 1. The molecule has 1 saturated heterocycles. The number of aliphatic hydroxyl groups excluding tert-OH is 1. The van der Waals surface area contributed by atoms with Gasteiger partial charge >= 0.3 is 0 Å². The summed E-state index contributed by atoms with van der Waals surface area (Å²) in [5.41, 5.74) is 0. The van der Waals surface area contributed by atoms with Crippen molar-refractivity contribution in [3.63, 3.8) is 0 Å². The van der Waals surface area contributed by atoms with Gasteiger partial charge in [-0.1, -0.05) is 13.3 Å². The summed E-state index contributed by atoms with van der Waals surface area (Å²) in [6, 6.07) is -1.36. The second kappa shape index (κ2) is 5.11. The first kappa shape index (κ1) is 13.4. The molecule has 0 radical (unpaired) electrons. The zero-order valence-corrected chi connectivity index (χ0v) is 9.94. The molecule has 0 amide bonds. The van der Waals surface area contributed by atoms with Crippen molar-refractivity contribution >= 4 is 15.8 Å². The minimum atomic E-state index is -3.23. The molecule has 7 heteroatoms. The van der Waals surface area contributed by atoms with Crippen molar-refractivity contribution in [3.05, 3.63) is 0 Å². The van der Waals surface area contributed by atoms with Gasteiger partial charge in [-0.3, -0.25) is 0 Å². The van der Waals surface area contributed by atoms with Crippen LogP contribution in [0, 0.1) is 0 Å². The highest BCUT2D eigenvalue weighted by Gasteiger charge is 2.40. The first-order valence-electron chi connectivity index (χ1n) is 5.30. The molecule has 1 aliphatic heterocycles. The summed E-state index contributed by atoms with van der Waals surface area (Å²) in [4.78, 5) is 10.8. The largest absolute Gasteiger partial charge is 0.544 e. The molecule has 0 spiro atoms. The molecular weight excluding hydrogens is 234 g/mol. The molecule has 0 aromatic carbocycles. The van der Waals surface area contributed by atoms with Gasteiger partial charge in [-0.05, 0) is 0 Å². The van der Waals surface area contributed by atoms with E-state index in [1.807, 2.05) is 6.92 Å². The van der Waals surface area contributed by atoms with Gasteiger partial charge in [0.05, 0.1) is 11.7 Å². The Bertz CT molecular complexity index is 353. The molecular formula is C9H17NO5S. The molecule has 16 heavy (non-hydrogen) atoms. The van der Waals surface area contributed by atoms with E-state index in [0.29, 0.717) is 12.8 Å². The zero-order valence-electron chi connectivity index (χ0n) is 9.13. The van der Waals surface area contributed by atoms with Crippen LogP contribution >= 0.6 is 0 Å². The summed E-state index contributed by atoms with van der Waals surface area (Å²) in [5.74, 6) is -1.65. The van der Waals surface area contributed by atoms with Crippen molar-refractivity contribution in [1.29, 1.82) is 0 Å². The van der Waals surface area contributed by atoms with Crippen LogP contribution in [-0.2, 0) is 14.6 Å². The van der Waals surface area contributed by atoms with Gasteiger partial charge in [0.1, 0.15) is 23.9 Å². The number of nitrogens with two attached hydrogens (primary N) is 1. The number of carboxylic acid groups (broad SMARTS) is 1. The topological polar surface area (TPSA) is 111 Å². The number of aliphatic carboxylic acids is 1. The number of hydrogen-bond donors (Lipinski definition) is 2. The van der Waals surface area contributed by atoms with Gasteiger partial charge in [0.25, 0.3) is 0 Å². The predicted octanol–water partition coefficient (Wildman–Crippen LogP) is -3.37. The minimum Gasteiger partial charge on any atom is -0.544 e. The SMILES string of the molecule is CCC[C@@H]([NH2+][C@H]1CS(=O)(=O)C[C@@H]1O)C(=O)[O-]. The summed E-state index contributed by atoms with van der Waals surface area (Å²) < 4.78 is 22.4. The van der Waals surface area contributed by atoms with Crippen molar-refractivity contribution < 1.29 is 28.7 Å². The molecule has 0 aromatic heterocycles. The number of rotatable bonds is 5. The van der Waals surface area contributed by atoms with Crippen LogP contribution in [-0.4, -0.2) is 49.2 Å². The van der Waals surface area contributed by atoms with Gasteiger partial charge < -0.3 is 20.3 Å². The lowest BCUT2D eigenvalue weighted by molar-refractivity contribution is -0.716. The quantitative estimate of drug-likeness (QED) is 0.530. The Labute approximate surface area is 94.6 Å². The average molecular weight is 251 g/mol. The molecule has 0 unspecified atom stereocenters. The molecule has 0 aliphatic carbocycles. The van der Waals surface area contributed by atoms with Crippen LogP contribution in [0.25, 0.3) is 0 Å². The maximum absolute atomic E-state index is 11.2. The lowest BCUT2D eigenvalue weighted by atomic mass is 10.1. The van der Waals surface area contributed by atoms with Crippen molar-refractivity contribution in [2.75, 3.05) is 11.5 Å². The summed E-state index contributed by atoms with van der Waals surface area (Å²) in [5, 5.41) is 21.7. The first-order valence-corrected chi connectivity index (χ1v) is 7.12. The summed E-state index contributed by atoms with van der Waals surface area (Å²) in [7, 11) is -3.23. The number of aliphatic hydroxyl groups is 1. The molecule has 0 bridgehead atoms. The Morgan fingerprint density at radius 2 is 2.19 bits per heavy atom. The fourth-order valence-corrected chi connectivity index (χ4v) is 3.77. The molecule has 94 valence electrons. The minimum absolute atomic E-state index is 0.165. The monoisotopic (exact) mass is 251 g/mol. The van der Waals surface area contributed by atoms with E-state index in [-0.39, 0.29) is 11.5 Å². The highest BCUT2D eigenvalue weighted by atomic mass is 32.2. The molecule has 1 fully saturated rings. The van der Waals surface area contributed by atoms with E-state index in [1.165, 1.54) is 5.32 Å². The molecule has 3 N–H and O–H groups in total. The Balaban J connectivity index is 2.62. The van der Waals surface area contributed by atoms with Gasteiger partial charge in [-0.2, -0.15) is 0 Å². The van der Waals surface area contributed by atoms with Gasteiger partial charge in [0, 0.05) is 6.42 Å². The number of sulfone groups is 1. The normalized spacial score (nSPS) is 30.1. The maximum Gasteiger partial charge on any atom is 0.159 e. The third-order valence-corrected chi connectivity index (χ3v) is 4.49. The zero-order chi connectivity index (χ0) is 12.3. The van der Waals surface area contributed by atoms with Crippen molar-refractivity contribution in [1.82, 2.24) is 0 Å². The molecule has 1 aliphatic rings. The Hall–Kier alpha value is -0.660. The van der Waals surface area contributed by atoms with Crippen LogP contribution in [0.15, 0.2) is 0 Å². The average Bonchev–Trinajstić information content (AvgIpc) is 2.38. The third kappa shape index (κ3) is 3.43. The highest BCUT2D eigenvalue weighted by Crippen LogP contribution is 2.09. The van der Waals surface area contributed by atoms with Gasteiger partial charge in [0.15, 0.2) is 9.84 Å². The molecule has 1 rings (SSSR count). The van der Waals surface area contributed by atoms with E-state index in [2.05, 4.69) is 0 Å². The predicted molar refractivity (Wildman–Crippen MR) is 54.1 cm³/mol. The van der Waals surface area contributed by atoms with E-state index in [1.54, 1.807) is 0 Å². The highest BCUT2D eigenvalue weighted by molar-refractivity contribution is 7.91. The van der Waals surface area contributed by atoms with Crippen molar-refractivity contribution in [3.8, 4) is 0 Å². The Morgan fingerprint density at radius 1 is 1.56 bits per heavy atom. The maximum atomic E-state index is 11.2. The van der Waals surface area contributed by atoms with Crippen LogP contribution in [0.5, 0.6) is 0 Å². The number of hydrogen-bond acceptors (Lipinski definition) is 5. The van der Waals surface area contributed by atoms with Crippen LogP contribution < -0.4 is 10.4 Å². The van der Waals surface area contributed by atoms with E-state index >= 15 is 0 Å². The number of quaternary nitrogens is 1. The van der Waals surface area contributed by atoms with E-state index in [0.717, 1.165) is 0 Å². The van der Waals surface area contributed by atoms with E-state index in [9.17, 15) is 23.4 Å². The molecule has 0 saturated carbocycles. The number of carbonyl (C=O) groups excluding carboxylic acids is 1. The second-order valence-electron chi connectivity index (χ2n) is 4.21. The third-order valence-electron chi connectivity index (χ3n) is 2.75. The van der Waals surface area contributed by atoms with Gasteiger partial charge in [-0.15, -0.1) is 0 Å². The smallest absolute Gasteiger partial charge is 0.159 e. The van der Waals surface area contributed by atoms with Gasteiger partial charge in [-0.25, -0.2) is 8.42 Å². The Morgan fingerprint density at radius 3 is 2.56 bits per heavy atom. The standard InChI is InChI=1S/C9H17NO5S/c1-2-3-6(9(12)13)10-7-4-16(14,15)5-8(7)11/h6-8,10-11H,2-5H2,1H3,(H,12,13)/t6-,7+,8+/m1/s1. The molecule has 0 aromatic rings. The van der Waals surface area contributed by atoms with E-state index in [4.69, 9.17) is 0 Å². The van der Waals surface area contributed by atoms with Crippen molar-refractivity contribution in [2.45, 2.75) is 38.0 Å². The van der Waals surface area contributed by atoms with Gasteiger partial charge in [0.2, 0.25) is 0 Å². The van der Waals surface area contributed by atoms with Crippen LogP contribution in [0.1, 0.15) is 19.8 Å². The van der Waals surface area contributed by atoms with E-state index < -0.39 is 34.0 Å². The summed E-state index contributed by atoms with van der Waals surface area (Å²) in [6.07, 6.45) is 0.0970. The first-order chi connectivity index (χ1) is 7.35. The summed E-state index contributed by atoms with van der Waals surface area (Å²) >= 11 is 0. The van der Waals surface area contributed by atoms with Crippen LogP contribution in [0.4, 0.5) is 0 Å². The van der Waals surface area contributed by atoms with Crippen LogP contribution in [0.2, 0.25) is 0 Å². The number of carboxylic acids is 1. The van der Waals surface area contributed by atoms with Crippen LogP contribution in [0.3, 0.4) is 0 Å². The fraction of sp³-hybridized carbons (Fsp3) is 0.889. The van der Waals surface area contributed by atoms with Crippen molar-refractivity contribution in [2.24, 2.45) is 0 Å². The summed E-state index contributed by atoms with van der Waals surface area (Å²) in [6.45, 7) is 1.84. The lowest BCUT2D eigenvalue weighted by Gasteiger charge is -2.21. The molecule has 1 heterocycles. The molecule has 3 atom stereocenters. The molecule has 6 nitrogen and oxygen atoms in total.